The lowest BCUT2D eigenvalue weighted by Gasteiger charge is -2.07. The number of ether oxygens (including phenoxy) is 2. The third-order valence-electron chi connectivity index (χ3n) is 2.55. The molecule has 0 aromatic heterocycles. The average Bonchev–Trinajstić information content (AvgIpc) is 2.45. The van der Waals surface area contributed by atoms with Gasteiger partial charge in [0.15, 0.2) is 0 Å². The first-order valence-corrected chi connectivity index (χ1v) is 7.74. The number of amides is 1. The van der Waals surface area contributed by atoms with Crippen molar-refractivity contribution in [3.8, 4) is 5.75 Å². The minimum atomic E-state index is 0.0216. The maximum absolute atomic E-state index is 11.6. The van der Waals surface area contributed by atoms with Crippen molar-refractivity contribution in [2.75, 3.05) is 26.4 Å². The van der Waals surface area contributed by atoms with E-state index in [-0.39, 0.29) is 5.91 Å². The molecule has 0 saturated heterocycles. The highest BCUT2D eigenvalue weighted by Crippen LogP contribution is 2.16. The molecular weight excluding hydrogens is 334 g/mol. The summed E-state index contributed by atoms with van der Waals surface area (Å²) in [5, 5.41) is 2.81. The van der Waals surface area contributed by atoms with E-state index in [0.29, 0.717) is 39.2 Å². The molecule has 0 spiro atoms. The van der Waals surface area contributed by atoms with Crippen molar-refractivity contribution in [2.45, 2.75) is 19.8 Å². The summed E-state index contributed by atoms with van der Waals surface area (Å²) >= 11 is 3.37. The zero-order chi connectivity index (χ0) is 15.5. The van der Waals surface area contributed by atoms with Crippen LogP contribution in [0.25, 0.3) is 0 Å². The highest BCUT2D eigenvalue weighted by molar-refractivity contribution is 9.10. The van der Waals surface area contributed by atoms with Gasteiger partial charge in [0.25, 0.3) is 0 Å². The molecule has 0 saturated carbocycles. The van der Waals surface area contributed by atoms with Gasteiger partial charge in [-0.15, -0.1) is 0 Å². The fourth-order valence-electron chi connectivity index (χ4n) is 1.55. The van der Waals surface area contributed by atoms with Gasteiger partial charge in [0, 0.05) is 17.4 Å². The minimum Gasteiger partial charge on any atom is -0.494 e. The second-order valence-electron chi connectivity index (χ2n) is 4.77. The highest BCUT2D eigenvalue weighted by Gasteiger charge is 2.01. The van der Waals surface area contributed by atoms with Crippen molar-refractivity contribution in [1.29, 1.82) is 0 Å². The van der Waals surface area contributed by atoms with Crippen LogP contribution < -0.4 is 10.1 Å². The van der Waals surface area contributed by atoms with E-state index in [0.717, 1.165) is 15.8 Å². The van der Waals surface area contributed by atoms with E-state index in [1.54, 1.807) is 0 Å². The SMILES string of the molecule is C=C(C)COCCNC(=O)CCCOc1ccc(Br)cc1. The fourth-order valence-corrected chi connectivity index (χ4v) is 1.82. The molecule has 116 valence electrons. The Morgan fingerprint density at radius 3 is 2.67 bits per heavy atom. The van der Waals surface area contributed by atoms with Crippen molar-refractivity contribution in [1.82, 2.24) is 5.32 Å². The largest absolute Gasteiger partial charge is 0.494 e. The molecule has 1 aromatic carbocycles. The van der Waals surface area contributed by atoms with Gasteiger partial charge in [-0.05, 0) is 37.6 Å². The van der Waals surface area contributed by atoms with Gasteiger partial charge < -0.3 is 14.8 Å². The van der Waals surface area contributed by atoms with Crippen LogP contribution in [0.1, 0.15) is 19.8 Å². The van der Waals surface area contributed by atoms with Crippen molar-refractivity contribution in [3.63, 3.8) is 0 Å². The molecule has 0 radical (unpaired) electrons. The van der Waals surface area contributed by atoms with Crippen molar-refractivity contribution < 1.29 is 14.3 Å². The molecule has 0 atom stereocenters. The summed E-state index contributed by atoms with van der Waals surface area (Å²) in [4.78, 5) is 11.6. The van der Waals surface area contributed by atoms with Gasteiger partial charge in [0.2, 0.25) is 5.91 Å². The van der Waals surface area contributed by atoms with E-state index in [2.05, 4.69) is 27.8 Å². The first-order chi connectivity index (χ1) is 10.1. The Bertz CT molecular complexity index is 445. The van der Waals surface area contributed by atoms with E-state index in [1.807, 2.05) is 31.2 Å². The number of rotatable bonds is 10. The lowest BCUT2D eigenvalue weighted by Crippen LogP contribution is -2.27. The smallest absolute Gasteiger partial charge is 0.220 e. The van der Waals surface area contributed by atoms with Gasteiger partial charge in [-0.2, -0.15) is 0 Å². The number of hydrogen-bond acceptors (Lipinski definition) is 3. The molecule has 0 unspecified atom stereocenters. The Morgan fingerprint density at radius 1 is 1.29 bits per heavy atom. The molecule has 0 aliphatic rings. The van der Waals surface area contributed by atoms with E-state index in [1.165, 1.54) is 0 Å². The zero-order valence-electron chi connectivity index (χ0n) is 12.4. The fraction of sp³-hybridized carbons (Fsp3) is 0.438. The average molecular weight is 356 g/mol. The quantitative estimate of drug-likeness (QED) is 0.517. The molecule has 1 amide bonds. The topological polar surface area (TPSA) is 47.6 Å². The summed E-state index contributed by atoms with van der Waals surface area (Å²) < 4.78 is 11.9. The van der Waals surface area contributed by atoms with Crippen LogP contribution in [0.5, 0.6) is 5.75 Å². The normalized spacial score (nSPS) is 10.2. The van der Waals surface area contributed by atoms with Gasteiger partial charge in [0.05, 0.1) is 19.8 Å². The van der Waals surface area contributed by atoms with Crippen molar-refractivity contribution >= 4 is 21.8 Å². The Labute approximate surface area is 134 Å². The van der Waals surface area contributed by atoms with E-state index < -0.39 is 0 Å². The molecule has 0 fully saturated rings. The van der Waals surface area contributed by atoms with Crippen LogP contribution in [-0.2, 0) is 9.53 Å². The van der Waals surface area contributed by atoms with Crippen LogP contribution in [0.15, 0.2) is 40.9 Å². The number of benzene rings is 1. The minimum absolute atomic E-state index is 0.0216. The second-order valence-corrected chi connectivity index (χ2v) is 5.68. The van der Waals surface area contributed by atoms with Crippen molar-refractivity contribution in [2.24, 2.45) is 0 Å². The summed E-state index contributed by atoms with van der Waals surface area (Å²) in [6.07, 6.45) is 1.14. The number of nitrogens with one attached hydrogen (secondary N) is 1. The predicted molar refractivity (Wildman–Crippen MR) is 87.5 cm³/mol. The van der Waals surface area contributed by atoms with Crippen LogP contribution in [0, 0.1) is 0 Å². The molecule has 4 nitrogen and oxygen atoms in total. The standard InChI is InChI=1S/C16H22BrNO3/c1-13(2)12-20-11-9-18-16(19)4-3-10-21-15-7-5-14(17)6-8-15/h5-8H,1,3-4,9-12H2,2H3,(H,18,19). The number of hydrogen-bond donors (Lipinski definition) is 1. The third kappa shape index (κ3) is 9.26. The second kappa shape index (κ2) is 10.4. The molecule has 1 rings (SSSR count). The Hall–Kier alpha value is -1.33. The van der Waals surface area contributed by atoms with Gasteiger partial charge in [0.1, 0.15) is 5.75 Å². The maximum atomic E-state index is 11.6. The number of carbonyl (C=O) groups is 1. The van der Waals surface area contributed by atoms with E-state index >= 15 is 0 Å². The van der Waals surface area contributed by atoms with Crippen molar-refractivity contribution in [3.05, 3.63) is 40.9 Å². The molecule has 0 bridgehead atoms. The first kappa shape index (κ1) is 17.7. The monoisotopic (exact) mass is 355 g/mol. The van der Waals surface area contributed by atoms with Crippen LogP contribution in [-0.4, -0.2) is 32.3 Å². The van der Waals surface area contributed by atoms with Gasteiger partial charge in [-0.25, -0.2) is 0 Å². The first-order valence-electron chi connectivity index (χ1n) is 6.95. The lowest BCUT2D eigenvalue weighted by molar-refractivity contribution is -0.121. The lowest BCUT2D eigenvalue weighted by atomic mass is 10.3. The van der Waals surface area contributed by atoms with Crippen LogP contribution in [0.3, 0.4) is 0 Å². The molecule has 5 heteroatoms. The molecule has 0 aliphatic heterocycles. The number of halogens is 1. The summed E-state index contributed by atoms with van der Waals surface area (Å²) in [5.74, 6) is 0.833. The number of carbonyl (C=O) groups excluding carboxylic acids is 1. The summed E-state index contributed by atoms with van der Waals surface area (Å²) in [6, 6.07) is 7.63. The van der Waals surface area contributed by atoms with Crippen LogP contribution in [0.4, 0.5) is 0 Å². The van der Waals surface area contributed by atoms with Gasteiger partial charge >= 0.3 is 0 Å². The molecule has 0 heterocycles. The third-order valence-corrected chi connectivity index (χ3v) is 3.08. The summed E-state index contributed by atoms with van der Waals surface area (Å²) in [7, 11) is 0. The highest BCUT2D eigenvalue weighted by atomic mass is 79.9. The molecule has 1 aromatic rings. The van der Waals surface area contributed by atoms with E-state index in [9.17, 15) is 4.79 Å². The summed E-state index contributed by atoms with van der Waals surface area (Å²) in [6.45, 7) is 7.75. The van der Waals surface area contributed by atoms with Gasteiger partial charge in [-0.3, -0.25) is 4.79 Å². The Kier molecular flexibility index (Phi) is 8.78. The van der Waals surface area contributed by atoms with Crippen LogP contribution in [0.2, 0.25) is 0 Å². The summed E-state index contributed by atoms with van der Waals surface area (Å²) in [5.41, 5.74) is 0.978. The maximum Gasteiger partial charge on any atom is 0.220 e. The van der Waals surface area contributed by atoms with Crippen LogP contribution >= 0.6 is 15.9 Å². The zero-order valence-corrected chi connectivity index (χ0v) is 13.9. The van der Waals surface area contributed by atoms with E-state index in [4.69, 9.17) is 9.47 Å². The Morgan fingerprint density at radius 2 is 2.00 bits per heavy atom. The molecular formula is C16H22BrNO3. The predicted octanol–water partition coefficient (Wildman–Crippen LogP) is 3.32. The molecule has 21 heavy (non-hydrogen) atoms. The molecule has 1 N–H and O–H groups in total. The Balaban J connectivity index is 2.00. The molecule has 0 aliphatic carbocycles. The van der Waals surface area contributed by atoms with Gasteiger partial charge in [-0.1, -0.05) is 28.1 Å².